The topological polar surface area (TPSA) is 102 Å². The first-order chi connectivity index (χ1) is 22.5. The minimum Gasteiger partial charge on any atom is -0.507 e. The van der Waals surface area contributed by atoms with Crippen molar-refractivity contribution in [2.24, 2.45) is 0 Å². The van der Waals surface area contributed by atoms with Crippen LogP contribution in [0, 0.1) is 0 Å². The standard InChI is InChI=1S/C36H31N3O5S2/c1-2-3-21-43-27-19-17-25(18-20-27)32(40)30-31(26-13-10-16-29(22-26)44-28-14-8-5-9-15-28)39(34(42)33(30)41)35-37-38-36(46-35)45-23-24-11-6-4-7-12-24/h4-20,22,31,40H,2-3,21,23H2,1H3/t31-/m0/s1. The molecule has 8 nitrogen and oxygen atoms in total. The number of amides is 1. The number of hydrogen-bond donors (Lipinski definition) is 1. The van der Waals surface area contributed by atoms with Crippen molar-refractivity contribution in [3.05, 3.63) is 131 Å². The van der Waals surface area contributed by atoms with Crippen LogP contribution in [0.2, 0.25) is 0 Å². The quantitative estimate of drug-likeness (QED) is 0.0359. The predicted molar refractivity (Wildman–Crippen MR) is 180 cm³/mol. The van der Waals surface area contributed by atoms with Crippen molar-refractivity contribution in [3.8, 4) is 17.2 Å². The normalized spacial score (nSPS) is 15.7. The summed E-state index contributed by atoms with van der Waals surface area (Å²) in [5.41, 5.74) is 2.04. The molecular weight excluding hydrogens is 619 g/mol. The van der Waals surface area contributed by atoms with Crippen LogP contribution in [0.4, 0.5) is 5.13 Å². The Morgan fingerprint density at radius 2 is 1.59 bits per heavy atom. The lowest BCUT2D eigenvalue weighted by Crippen LogP contribution is -2.29. The highest BCUT2D eigenvalue weighted by Gasteiger charge is 2.48. The minimum absolute atomic E-state index is 0.0461. The van der Waals surface area contributed by atoms with Crippen LogP contribution < -0.4 is 14.4 Å². The molecule has 1 aliphatic rings. The van der Waals surface area contributed by atoms with E-state index in [9.17, 15) is 14.7 Å². The van der Waals surface area contributed by atoms with Gasteiger partial charge < -0.3 is 14.6 Å². The number of ketones is 1. The van der Waals surface area contributed by atoms with Crippen molar-refractivity contribution >= 4 is 45.7 Å². The molecule has 46 heavy (non-hydrogen) atoms. The van der Waals surface area contributed by atoms with E-state index in [4.69, 9.17) is 9.47 Å². The van der Waals surface area contributed by atoms with Gasteiger partial charge in [0, 0.05) is 11.3 Å². The number of para-hydroxylation sites is 1. The van der Waals surface area contributed by atoms with E-state index in [0.29, 0.717) is 45.1 Å². The Bertz CT molecular complexity index is 1840. The second kappa shape index (κ2) is 14.4. The Kier molecular flexibility index (Phi) is 9.76. The highest BCUT2D eigenvalue weighted by atomic mass is 32.2. The molecular formula is C36H31N3O5S2. The maximum atomic E-state index is 13.7. The van der Waals surface area contributed by atoms with Gasteiger partial charge >= 0.3 is 5.91 Å². The molecule has 0 spiro atoms. The third-order valence-electron chi connectivity index (χ3n) is 7.30. The Labute approximate surface area is 275 Å². The maximum absolute atomic E-state index is 13.7. The molecule has 0 bridgehead atoms. The molecule has 232 valence electrons. The van der Waals surface area contributed by atoms with Gasteiger partial charge in [0.05, 0.1) is 18.2 Å². The smallest absolute Gasteiger partial charge is 0.301 e. The third kappa shape index (κ3) is 6.98. The van der Waals surface area contributed by atoms with Gasteiger partial charge in [0.2, 0.25) is 5.13 Å². The molecule has 1 N–H and O–H groups in total. The number of carbonyl (C=O) groups excluding carboxylic acids is 2. The number of thioether (sulfide) groups is 1. The van der Waals surface area contributed by atoms with Gasteiger partial charge in [0.15, 0.2) is 4.34 Å². The number of nitrogens with zero attached hydrogens (tertiary/aromatic N) is 3. The number of carbonyl (C=O) groups is 2. The fourth-order valence-corrected chi connectivity index (χ4v) is 6.82. The Morgan fingerprint density at radius 3 is 2.33 bits per heavy atom. The van der Waals surface area contributed by atoms with Gasteiger partial charge in [0.1, 0.15) is 23.0 Å². The zero-order valence-electron chi connectivity index (χ0n) is 25.0. The second-order valence-corrected chi connectivity index (χ2v) is 12.7. The molecule has 2 heterocycles. The molecule has 10 heteroatoms. The fraction of sp³-hybridized carbons (Fsp3) is 0.167. The van der Waals surface area contributed by atoms with Gasteiger partial charge in [-0.15, -0.1) is 10.2 Å². The molecule has 5 aromatic rings. The number of aliphatic hydroxyl groups excluding tert-OH is 1. The van der Waals surface area contributed by atoms with Crippen molar-refractivity contribution < 1.29 is 24.2 Å². The average Bonchev–Trinajstić information content (AvgIpc) is 3.66. The van der Waals surface area contributed by atoms with Gasteiger partial charge in [0.25, 0.3) is 5.78 Å². The Hall–Kier alpha value is -4.93. The number of Topliss-reactive ketones (excluding diaryl/α,β-unsaturated/α-hetero) is 1. The molecule has 1 saturated heterocycles. The summed E-state index contributed by atoms with van der Waals surface area (Å²) in [6.45, 7) is 2.67. The predicted octanol–water partition coefficient (Wildman–Crippen LogP) is 8.43. The number of aliphatic hydroxyl groups is 1. The first kappa shape index (κ1) is 31.1. The van der Waals surface area contributed by atoms with Crippen LogP contribution in [0.1, 0.15) is 42.5 Å². The molecule has 1 aliphatic heterocycles. The lowest BCUT2D eigenvalue weighted by molar-refractivity contribution is -0.132. The number of unbranched alkanes of at least 4 members (excludes halogenated alkanes) is 1. The van der Waals surface area contributed by atoms with E-state index in [2.05, 4.69) is 17.1 Å². The number of rotatable bonds is 12. The van der Waals surface area contributed by atoms with E-state index >= 15 is 0 Å². The summed E-state index contributed by atoms with van der Waals surface area (Å²) in [5.74, 6) is 0.587. The molecule has 1 atom stereocenters. The first-order valence-electron chi connectivity index (χ1n) is 14.9. The minimum atomic E-state index is -0.972. The van der Waals surface area contributed by atoms with Gasteiger partial charge in [-0.3, -0.25) is 14.5 Å². The summed E-state index contributed by atoms with van der Waals surface area (Å²) in [6, 6.07) is 32.3. The van der Waals surface area contributed by atoms with E-state index in [0.717, 1.165) is 18.4 Å². The monoisotopic (exact) mass is 649 g/mol. The second-order valence-electron chi connectivity index (χ2n) is 10.5. The number of ether oxygens (including phenoxy) is 2. The van der Waals surface area contributed by atoms with Gasteiger partial charge in [-0.1, -0.05) is 97.1 Å². The summed E-state index contributed by atoms with van der Waals surface area (Å²) in [7, 11) is 0. The number of anilines is 1. The average molecular weight is 650 g/mol. The summed E-state index contributed by atoms with van der Waals surface area (Å²) in [5, 5.41) is 20.5. The van der Waals surface area contributed by atoms with Crippen LogP contribution in [0.25, 0.3) is 5.76 Å². The molecule has 0 aliphatic carbocycles. The first-order valence-corrected chi connectivity index (χ1v) is 16.7. The molecule has 4 aromatic carbocycles. The lowest BCUT2D eigenvalue weighted by atomic mass is 9.95. The summed E-state index contributed by atoms with van der Waals surface area (Å²) < 4.78 is 12.5. The molecule has 1 aromatic heterocycles. The van der Waals surface area contributed by atoms with E-state index in [-0.39, 0.29) is 16.5 Å². The SMILES string of the molecule is CCCCOc1ccc(C(O)=C2C(=O)C(=O)N(c3nnc(SCc4ccccc4)s3)[C@H]2c2cccc(Oc3ccccc3)c2)cc1. The highest BCUT2D eigenvalue weighted by molar-refractivity contribution is 8.00. The lowest BCUT2D eigenvalue weighted by Gasteiger charge is -2.23. The Morgan fingerprint density at radius 1 is 0.870 bits per heavy atom. The summed E-state index contributed by atoms with van der Waals surface area (Å²) in [4.78, 5) is 28.7. The van der Waals surface area contributed by atoms with Gasteiger partial charge in [-0.05, 0) is 66.1 Å². The number of aromatic nitrogens is 2. The number of benzene rings is 4. The Balaban J connectivity index is 1.37. The van der Waals surface area contributed by atoms with Crippen molar-refractivity contribution in [1.82, 2.24) is 10.2 Å². The molecule has 0 radical (unpaired) electrons. The van der Waals surface area contributed by atoms with Crippen LogP contribution in [-0.2, 0) is 15.3 Å². The van der Waals surface area contributed by atoms with Crippen LogP contribution in [0.3, 0.4) is 0 Å². The van der Waals surface area contributed by atoms with E-state index in [1.807, 2.05) is 60.7 Å². The molecule has 1 amide bonds. The van der Waals surface area contributed by atoms with Crippen molar-refractivity contribution in [2.75, 3.05) is 11.5 Å². The van der Waals surface area contributed by atoms with Crippen LogP contribution in [-0.4, -0.2) is 33.6 Å². The fourth-order valence-electron chi connectivity index (χ4n) is 4.99. The van der Waals surface area contributed by atoms with Crippen molar-refractivity contribution in [2.45, 2.75) is 35.9 Å². The third-order valence-corrected chi connectivity index (χ3v) is 9.43. The molecule has 1 fully saturated rings. The highest BCUT2D eigenvalue weighted by Crippen LogP contribution is 2.45. The summed E-state index contributed by atoms with van der Waals surface area (Å²) >= 11 is 2.72. The number of hydrogen-bond acceptors (Lipinski definition) is 9. The van der Waals surface area contributed by atoms with Crippen LogP contribution in [0.15, 0.2) is 119 Å². The largest absolute Gasteiger partial charge is 0.507 e. The zero-order chi connectivity index (χ0) is 31.9. The molecule has 6 rings (SSSR count). The van der Waals surface area contributed by atoms with Crippen molar-refractivity contribution in [1.29, 1.82) is 0 Å². The van der Waals surface area contributed by atoms with Crippen LogP contribution >= 0.6 is 23.1 Å². The maximum Gasteiger partial charge on any atom is 0.301 e. The zero-order valence-corrected chi connectivity index (χ0v) is 26.7. The van der Waals surface area contributed by atoms with Crippen molar-refractivity contribution in [3.63, 3.8) is 0 Å². The molecule has 0 unspecified atom stereocenters. The van der Waals surface area contributed by atoms with Gasteiger partial charge in [-0.25, -0.2) is 0 Å². The van der Waals surface area contributed by atoms with Gasteiger partial charge in [-0.2, -0.15) is 0 Å². The molecule has 0 saturated carbocycles. The van der Waals surface area contributed by atoms with E-state index in [1.165, 1.54) is 28.0 Å². The summed E-state index contributed by atoms with van der Waals surface area (Å²) in [6.07, 6.45) is 1.94. The van der Waals surface area contributed by atoms with Crippen LogP contribution in [0.5, 0.6) is 17.2 Å². The van der Waals surface area contributed by atoms with E-state index in [1.54, 1.807) is 48.5 Å². The van der Waals surface area contributed by atoms with E-state index < -0.39 is 17.7 Å².